The minimum atomic E-state index is -0.299. The third-order valence-electron chi connectivity index (χ3n) is 7.74. The summed E-state index contributed by atoms with van der Waals surface area (Å²) in [6.45, 7) is 6.20. The molecule has 2 bridgehead atoms. The Hall–Kier alpha value is -2.46. The molecule has 2 aromatic rings. The zero-order chi connectivity index (χ0) is 22.5. The number of hydrogen-bond acceptors (Lipinski definition) is 5. The number of aryl methyl sites for hydroxylation is 1. The summed E-state index contributed by atoms with van der Waals surface area (Å²) in [5, 5.41) is 19.4. The lowest BCUT2D eigenvalue weighted by Gasteiger charge is -2.38. The van der Waals surface area contributed by atoms with Crippen molar-refractivity contribution in [2.24, 2.45) is 5.41 Å². The van der Waals surface area contributed by atoms with Crippen LogP contribution in [-0.2, 0) is 11.2 Å². The number of ketones is 1. The van der Waals surface area contributed by atoms with E-state index in [1.165, 1.54) is 0 Å². The van der Waals surface area contributed by atoms with Gasteiger partial charge in [0.25, 0.3) is 0 Å². The van der Waals surface area contributed by atoms with E-state index in [1.807, 2.05) is 31.2 Å². The summed E-state index contributed by atoms with van der Waals surface area (Å²) in [7, 11) is 0. The average Bonchev–Trinajstić information content (AvgIpc) is 3.40. The fourth-order valence-electron chi connectivity index (χ4n) is 5.77. The summed E-state index contributed by atoms with van der Waals surface area (Å²) in [6, 6.07) is 12.2. The SMILES string of the molecule is Cc1c(C(=O)CN2C3CCC2[C@@H](O)C3)cc(CCC2(C)COC2)n1-c1ccc(C#N)cc1. The van der Waals surface area contributed by atoms with Gasteiger partial charge in [0.2, 0.25) is 0 Å². The molecule has 168 valence electrons. The van der Waals surface area contributed by atoms with Crippen LogP contribution in [0, 0.1) is 23.7 Å². The summed E-state index contributed by atoms with van der Waals surface area (Å²) in [5.41, 5.74) is 4.62. The molecule has 0 spiro atoms. The van der Waals surface area contributed by atoms with E-state index < -0.39 is 0 Å². The maximum atomic E-state index is 13.4. The second kappa shape index (κ2) is 8.15. The molecule has 5 rings (SSSR count). The molecule has 1 aromatic carbocycles. The molecule has 1 aromatic heterocycles. The van der Waals surface area contributed by atoms with Crippen molar-refractivity contribution in [2.75, 3.05) is 19.8 Å². The monoisotopic (exact) mass is 433 g/mol. The first-order valence-electron chi connectivity index (χ1n) is 11.6. The van der Waals surface area contributed by atoms with E-state index in [9.17, 15) is 9.90 Å². The van der Waals surface area contributed by atoms with Gasteiger partial charge >= 0.3 is 0 Å². The van der Waals surface area contributed by atoms with Crippen molar-refractivity contribution in [1.29, 1.82) is 5.26 Å². The number of nitriles is 1. The van der Waals surface area contributed by atoms with E-state index in [1.54, 1.807) is 0 Å². The van der Waals surface area contributed by atoms with Crippen molar-refractivity contribution in [1.82, 2.24) is 9.47 Å². The van der Waals surface area contributed by atoms with E-state index in [-0.39, 0.29) is 23.3 Å². The van der Waals surface area contributed by atoms with Gasteiger partial charge in [-0.1, -0.05) is 6.92 Å². The van der Waals surface area contributed by atoms with Gasteiger partial charge in [-0.2, -0.15) is 5.26 Å². The number of Topliss-reactive ketones (excluding diaryl/α,β-unsaturated/α-hetero) is 1. The van der Waals surface area contributed by atoms with Gasteiger partial charge in [0.15, 0.2) is 5.78 Å². The minimum absolute atomic E-state index is 0.125. The van der Waals surface area contributed by atoms with Gasteiger partial charge in [-0.05, 0) is 69.4 Å². The number of carbonyl (C=O) groups excluding carboxylic acids is 1. The van der Waals surface area contributed by atoms with Crippen LogP contribution in [0.3, 0.4) is 0 Å². The molecule has 32 heavy (non-hydrogen) atoms. The molecular weight excluding hydrogens is 402 g/mol. The fraction of sp³-hybridized carbons (Fsp3) is 0.538. The Morgan fingerprint density at radius 1 is 1.28 bits per heavy atom. The smallest absolute Gasteiger partial charge is 0.178 e. The normalized spacial score (nSPS) is 26.1. The zero-order valence-corrected chi connectivity index (χ0v) is 18.9. The summed E-state index contributed by atoms with van der Waals surface area (Å²) in [6.07, 6.45) is 4.41. The molecule has 3 atom stereocenters. The first-order chi connectivity index (χ1) is 15.4. The van der Waals surface area contributed by atoms with Crippen molar-refractivity contribution in [2.45, 2.75) is 64.1 Å². The Labute approximate surface area is 189 Å². The van der Waals surface area contributed by atoms with Crippen molar-refractivity contribution < 1.29 is 14.6 Å². The zero-order valence-electron chi connectivity index (χ0n) is 18.9. The lowest BCUT2D eigenvalue weighted by Crippen LogP contribution is -2.40. The quantitative estimate of drug-likeness (QED) is 0.677. The van der Waals surface area contributed by atoms with E-state index in [0.717, 1.165) is 68.0 Å². The molecule has 3 aliphatic heterocycles. The molecule has 3 aliphatic rings. The Morgan fingerprint density at radius 2 is 2.03 bits per heavy atom. The van der Waals surface area contributed by atoms with E-state index in [0.29, 0.717) is 18.2 Å². The molecule has 2 unspecified atom stereocenters. The van der Waals surface area contributed by atoms with Crippen LogP contribution >= 0.6 is 0 Å². The van der Waals surface area contributed by atoms with Gasteiger partial charge in [-0.15, -0.1) is 0 Å². The number of benzene rings is 1. The molecular formula is C26H31N3O3. The first kappa shape index (κ1) is 21.4. The predicted molar refractivity (Wildman–Crippen MR) is 121 cm³/mol. The summed E-state index contributed by atoms with van der Waals surface area (Å²) in [4.78, 5) is 15.6. The Kier molecular flexibility index (Phi) is 5.45. The van der Waals surface area contributed by atoms with Gasteiger partial charge in [0.1, 0.15) is 0 Å². The Morgan fingerprint density at radius 3 is 2.59 bits per heavy atom. The number of nitrogens with zero attached hydrogens (tertiary/aromatic N) is 3. The topological polar surface area (TPSA) is 78.5 Å². The molecule has 0 radical (unpaired) electrons. The van der Waals surface area contributed by atoms with Crippen LogP contribution < -0.4 is 0 Å². The molecule has 4 heterocycles. The molecule has 1 N–H and O–H groups in total. The summed E-state index contributed by atoms with van der Waals surface area (Å²) < 4.78 is 7.60. The van der Waals surface area contributed by atoms with Gasteiger partial charge in [0.05, 0.1) is 37.5 Å². The van der Waals surface area contributed by atoms with Crippen LogP contribution in [0.4, 0.5) is 0 Å². The summed E-state index contributed by atoms with van der Waals surface area (Å²) >= 11 is 0. The number of rotatable bonds is 7. The van der Waals surface area contributed by atoms with Crippen LogP contribution in [0.1, 0.15) is 59.9 Å². The molecule has 6 heteroatoms. The third kappa shape index (κ3) is 3.69. The van der Waals surface area contributed by atoms with Crippen LogP contribution in [0.5, 0.6) is 0 Å². The fourth-order valence-corrected chi connectivity index (χ4v) is 5.77. The maximum Gasteiger partial charge on any atom is 0.178 e. The molecule has 6 nitrogen and oxygen atoms in total. The van der Waals surface area contributed by atoms with E-state index in [2.05, 4.69) is 28.5 Å². The Bertz CT molecular complexity index is 1060. The highest BCUT2D eigenvalue weighted by atomic mass is 16.5. The standard InChI is InChI=1S/C26H31N3O3/c1-17-22(25(31)14-28-20-7-8-23(28)24(30)12-20)11-21(9-10-26(2)15-32-16-26)29(17)19-5-3-18(13-27)4-6-19/h3-6,11,20,23-24,30H,7-10,12,14-16H2,1-2H3/t20?,23?,24-/m0/s1. The highest BCUT2D eigenvalue weighted by Crippen LogP contribution is 2.38. The van der Waals surface area contributed by atoms with E-state index in [4.69, 9.17) is 10.00 Å². The number of fused-ring (bicyclic) bond motifs is 2. The number of hydrogen-bond donors (Lipinski definition) is 1. The number of aliphatic hydroxyl groups is 1. The number of ether oxygens (including phenoxy) is 1. The van der Waals surface area contributed by atoms with Crippen LogP contribution in [0.25, 0.3) is 5.69 Å². The van der Waals surface area contributed by atoms with Crippen molar-refractivity contribution >= 4 is 5.78 Å². The largest absolute Gasteiger partial charge is 0.391 e. The molecule has 0 saturated carbocycles. The van der Waals surface area contributed by atoms with E-state index >= 15 is 0 Å². The van der Waals surface area contributed by atoms with Gasteiger partial charge in [-0.3, -0.25) is 9.69 Å². The van der Waals surface area contributed by atoms with Crippen molar-refractivity contribution in [3.05, 3.63) is 52.8 Å². The van der Waals surface area contributed by atoms with Crippen molar-refractivity contribution in [3.8, 4) is 11.8 Å². The molecule has 0 amide bonds. The van der Waals surface area contributed by atoms with Crippen molar-refractivity contribution in [3.63, 3.8) is 0 Å². The molecule has 3 fully saturated rings. The van der Waals surface area contributed by atoms with Crippen LogP contribution in [-0.4, -0.2) is 58.3 Å². The first-order valence-corrected chi connectivity index (χ1v) is 11.6. The lowest BCUT2D eigenvalue weighted by atomic mass is 9.83. The summed E-state index contributed by atoms with van der Waals surface area (Å²) in [5.74, 6) is 0.125. The van der Waals surface area contributed by atoms with Crippen LogP contribution in [0.15, 0.2) is 30.3 Å². The highest BCUT2D eigenvalue weighted by Gasteiger charge is 2.46. The Balaban J connectivity index is 1.44. The predicted octanol–water partition coefficient (Wildman–Crippen LogP) is 3.41. The van der Waals surface area contributed by atoms with Gasteiger partial charge in [-0.25, -0.2) is 0 Å². The van der Waals surface area contributed by atoms with Gasteiger partial charge < -0.3 is 14.4 Å². The van der Waals surface area contributed by atoms with Gasteiger partial charge in [0, 0.05) is 40.1 Å². The second-order valence-electron chi connectivity index (χ2n) is 10.1. The minimum Gasteiger partial charge on any atom is -0.391 e. The average molecular weight is 434 g/mol. The second-order valence-corrected chi connectivity index (χ2v) is 10.1. The number of aromatic nitrogens is 1. The maximum absolute atomic E-state index is 13.4. The lowest BCUT2D eigenvalue weighted by molar-refractivity contribution is -0.105. The van der Waals surface area contributed by atoms with Crippen LogP contribution in [0.2, 0.25) is 0 Å². The molecule has 3 saturated heterocycles. The third-order valence-corrected chi connectivity index (χ3v) is 7.74. The number of aliphatic hydroxyl groups excluding tert-OH is 1. The highest BCUT2D eigenvalue weighted by molar-refractivity contribution is 5.99. The molecule has 0 aliphatic carbocycles. The number of carbonyl (C=O) groups is 1.